The maximum atomic E-state index is 13.5. The molecule has 1 aliphatic rings. The highest BCUT2D eigenvalue weighted by atomic mass is 19.4. The first-order chi connectivity index (χ1) is 16.6. The third-order valence-corrected chi connectivity index (χ3v) is 6.00. The lowest BCUT2D eigenvalue weighted by Gasteiger charge is -2.32. The van der Waals surface area contributed by atoms with E-state index >= 15 is 0 Å². The molecular formula is C24H25F3N6O2. The number of nitrogens with two attached hydrogens (primary N) is 1. The van der Waals surface area contributed by atoms with Gasteiger partial charge >= 0.3 is 6.18 Å². The number of amides is 1. The fourth-order valence-corrected chi connectivity index (χ4v) is 3.97. The summed E-state index contributed by atoms with van der Waals surface area (Å²) in [4.78, 5) is 22.5. The maximum Gasteiger partial charge on any atom is 0.418 e. The minimum atomic E-state index is -4.61. The number of hydrogen-bond acceptors (Lipinski definition) is 7. The lowest BCUT2D eigenvalue weighted by molar-refractivity contribution is -0.136. The highest BCUT2D eigenvalue weighted by Gasteiger charge is 2.33. The molecular weight excluding hydrogens is 461 g/mol. The predicted molar refractivity (Wildman–Crippen MR) is 126 cm³/mol. The lowest BCUT2D eigenvalue weighted by Crippen LogP contribution is -2.35. The Balaban J connectivity index is 1.70. The summed E-state index contributed by atoms with van der Waals surface area (Å²) in [6.07, 6.45) is -2.57. The van der Waals surface area contributed by atoms with Crippen molar-refractivity contribution in [1.29, 1.82) is 0 Å². The summed E-state index contributed by atoms with van der Waals surface area (Å²) in [5, 5.41) is 5.65. The van der Waals surface area contributed by atoms with Crippen LogP contribution in [0, 0.1) is 0 Å². The van der Waals surface area contributed by atoms with E-state index in [1.807, 2.05) is 19.2 Å². The third kappa shape index (κ3) is 5.14. The summed E-state index contributed by atoms with van der Waals surface area (Å²) in [5.74, 6) is -0.415. The number of methoxy groups -OCH3 is 1. The summed E-state index contributed by atoms with van der Waals surface area (Å²) in [6, 6.07) is 9.18. The summed E-state index contributed by atoms with van der Waals surface area (Å²) in [6.45, 7) is 2.90. The van der Waals surface area contributed by atoms with Crippen molar-refractivity contribution in [2.75, 3.05) is 24.8 Å². The second-order valence-corrected chi connectivity index (χ2v) is 8.40. The molecule has 8 nitrogen and oxygen atoms in total. The molecule has 4 rings (SSSR count). The number of hydrogen-bond donors (Lipinski definition) is 3. The fourth-order valence-electron chi connectivity index (χ4n) is 3.97. The van der Waals surface area contributed by atoms with Crippen LogP contribution < -0.4 is 21.1 Å². The van der Waals surface area contributed by atoms with Crippen LogP contribution in [-0.2, 0) is 19.1 Å². The topological polar surface area (TPSA) is 105 Å². The lowest BCUT2D eigenvalue weighted by atomic mass is 9.94. The van der Waals surface area contributed by atoms with E-state index in [1.54, 1.807) is 7.11 Å². The van der Waals surface area contributed by atoms with Crippen LogP contribution in [0.2, 0.25) is 0 Å². The van der Waals surface area contributed by atoms with Gasteiger partial charge in [0, 0.05) is 18.8 Å². The van der Waals surface area contributed by atoms with Crippen molar-refractivity contribution in [3.63, 3.8) is 0 Å². The van der Waals surface area contributed by atoms with Gasteiger partial charge in [0.25, 0.3) is 5.91 Å². The van der Waals surface area contributed by atoms with Crippen LogP contribution in [0.25, 0.3) is 0 Å². The zero-order valence-corrected chi connectivity index (χ0v) is 19.4. The number of ether oxygens (including phenoxy) is 1. The van der Waals surface area contributed by atoms with E-state index in [1.165, 1.54) is 23.8 Å². The van der Waals surface area contributed by atoms with Crippen molar-refractivity contribution in [3.05, 3.63) is 64.8 Å². The molecule has 0 aliphatic carbocycles. The van der Waals surface area contributed by atoms with Crippen LogP contribution >= 0.6 is 0 Å². The molecule has 0 fully saturated rings. The molecule has 2 heterocycles. The molecule has 11 heteroatoms. The standard InChI is InChI=1S/C24H25F3N6O2/c1-13-8-14-10-20(35-3)19(9-15(14)12-33(13)2)31-23-29-11-16(21(28)34)22(32-23)30-18-7-5-4-6-17(18)24(25,26)27/h4-7,9-11,13H,8,12H2,1-3H3,(H2,28,34)(H2,29,30,31,32)/t13-/m1/s1. The van der Waals surface area contributed by atoms with Crippen molar-refractivity contribution in [2.45, 2.75) is 32.1 Å². The van der Waals surface area contributed by atoms with Gasteiger partial charge in [-0.3, -0.25) is 9.69 Å². The number of benzene rings is 2. The molecule has 0 bridgehead atoms. The van der Waals surface area contributed by atoms with E-state index in [0.717, 1.165) is 30.8 Å². The monoisotopic (exact) mass is 486 g/mol. The normalized spacial score (nSPS) is 15.9. The van der Waals surface area contributed by atoms with Gasteiger partial charge in [-0.25, -0.2) is 4.98 Å². The number of alkyl halides is 3. The third-order valence-electron chi connectivity index (χ3n) is 6.00. The molecule has 2 aromatic carbocycles. The number of fused-ring (bicyclic) bond motifs is 1. The number of nitrogens with zero attached hydrogens (tertiary/aromatic N) is 3. The second kappa shape index (κ2) is 9.41. The first-order valence-electron chi connectivity index (χ1n) is 10.8. The first-order valence-corrected chi connectivity index (χ1v) is 10.8. The van der Waals surface area contributed by atoms with Crippen LogP contribution in [0.15, 0.2) is 42.6 Å². The molecule has 184 valence electrons. The van der Waals surface area contributed by atoms with Gasteiger partial charge in [0.2, 0.25) is 5.95 Å². The van der Waals surface area contributed by atoms with Crippen LogP contribution in [-0.4, -0.2) is 41.0 Å². The number of aromatic nitrogens is 2. The second-order valence-electron chi connectivity index (χ2n) is 8.40. The Kier molecular flexibility index (Phi) is 6.53. The zero-order chi connectivity index (χ0) is 25.3. The molecule has 1 amide bonds. The number of nitrogens with one attached hydrogen (secondary N) is 2. The Morgan fingerprint density at radius 3 is 2.60 bits per heavy atom. The zero-order valence-electron chi connectivity index (χ0n) is 19.4. The van der Waals surface area contributed by atoms with Crippen molar-refractivity contribution in [2.24, 2.45) is 5.73 Å². The van der Waals surface area contributed by atoms with Gasteiger partial charge in [-0.1, -0.05) is 12.1 Å². The minimum Gasteiger partial charge on any atom is -0.495 e. The Morgan fingerprint density at radius 2 is 1.91 bits per heavy atom. The number of primary amides is 1. The predicted octanol–water partition coefficient (Wildman–Crippen LogP) is 4.47. The average molecular weight is 486 g/mol. The number of carbonyl (C=O) groups excluding carboxylic acids is 1. The van der Waals surface area contributed by atoms with Gasteiger partial charge in [0.05, 0.1) is 24.0 Å². The summed E-state index contributed by atoms with van der Waals surface area (Å²) in [5.41, 5.74) is 6.96. The molecule has 1 aliphatic heterocycles. The number of likely N-dealkylation sites (N-methyl/N-ethyl adjacent to an activating group) is 1. The van der Waals surface area contributed by atoms with E-state index in [4.69, 9.17) is 10.5 Å². The molecule has 1 atom stereocenters. The Labute approximate surface area is 200 Å². The van der Waals surface area contributed by atoms with E-state index in [0.29, 0.717) is 17.5 Å². The number of para-hydroxylation sites is 1. The van der Waals surface area contributed by atoms with Crippen LogP contribution in [0.4, 0.5) is 36.3 Å². The van der Waals surface area contributed by atoms with E-state index < -0.39 is 17.6 Å². The van der Waals surface area contributed by atoms with Crippen LogP contribution in [0.5, 0.6) is 5.75 Å². The summed E-state index contributed by atoms with van der Waals surface area (Å²) < 4.78 is 45.9. The maximum absolute atomic E-state index is 13.5. The smallest absolute Gasteiger partial charge is 0.418 e. The fraction of sp³-hybridized carbons (Fsp3) is 0.292. The van der Waals surface area contributed by atoms with Crippen molar-refractivity contribution >= 4 is 29.0 Å². The molecule has 0 unspecified atom stereocenters. The van der Waals surface area contributed by atoms with Gasteiger partial charge in [-0.05, 0) is 55.8 Å². The summed E-state index contributed by atoms with van der Waals surface area (Å²) in [7, 11) is 3.59. The van der Waals surface area contributed by atoms with E-state index in [2.05, 4.69) is 32.4 Å². The Morgan fingerprint density at radius 1 is 1.17 bits per heavy atom. The van der Waals surface area contributed by atoms with Gasteiger partial charge in [-0.2, -0.15) is 18.2 Å². The first kappa shape index (κ1) is 24.3. The molecule has 0 saturated carbocycles. The SMILES string of the molecule is COc1cc2c(cc1Nc1ncc(C(N)=O)c(Nc3ccccc3C(F)(F)F)n1)CN(C)[C@H](C)C2. The summed E-state index contributed by atoms with van der Waals surface area (Å²) >= 11 is 0. The molecule has 1 aromatic heterocycles. The molecule has 0 radical (unpaired) electrons. The Hall–Kier alpha value is -3.86. The molecule has 35 heavy (non-hydrogen) atoms. The van der Waals surface area contributed by atoms with Gasteiger partial charge in [0.15, 0.2) is 0 Å². The largest absolute Gasteiger partial charge is 0.495 e. The van der Waals surface area contributed by atoms with Crippen LogP contribution in [0.1, 0.15) is 34.0 Å². The van der Waals surface area contributed by atoms with E-state index in [-0.39, 0.29) is 23.0 Å². The highest BCUT2D eigenvalue weighted by molar-refractivity contribution is 5.98. The molecule has 0 saturated heterocycles. The van der Waals surface area contributed by atoms with Crippen molar-refractivity contribution in [1.82, 2.24) is 14.9 Å². The van der Waals surface area contributed by atoms with Crippen LogP contribution in [0.3, 0.4) is 0 Å². The number of anilines is 4. The molecule has 0 spiro atoms. The van der Waals surface area contributed by atoms with Gasteiger partial charge in [0.1, 0.15) is 17.1 Å². The minimum absolute atomic E-state index is 0.0535. The quantitative estimate of drug-likeness (QED) is 0.472. The van der Waals surface area contributed by atoms with E-state index in [9.17, 15) is 18.0 Å². The van der Waals surface area contributed by atoms with Crippen molar-refractivity contribution in [3.8, 4) is 5.75 Å². The average Bonchev–Trinajstić information content (AvgIpc) is 2.79. The number of halogens is 3. The highest BCUT2D eigenvalue weighted by Crippen LogP contribution is 2.37. The van der Waals surface area contributed by atoms with Gasteiger partial charge in [-0.15, -0.1) is 0 Å². The van der Waals surface area contributed by atoms with Gasteiger partial charge < -0.3 is 21.1 Å². The number of rotatable bonds is 6. The van der Waals surface area contributed by atoms with Crippen molar-refractivity contribution < 1.29 is 22.7 Å². The Bertz CT molecular complexity index is 1260. The molecule has 3 aromatic rings. The number of carbonyl (C=O) groups is 1. The molecule has 4 N–H and O–H groups in total.